The highest BCUT2D eigenvalue weighted by molar-refractivity contribution is 5.40. The van der Waals surface area contributed by atoms with Crippen molar-refractivity contribution in [3.05, 3.63) is 12.4 Å². The number of nitrogens with zero attached hydrogens (tertiary/aromatic N) is 2. The van der Waals surface area contributed by atoms with Crippen molar-refractivity contribution in [1.29, 1.82) is 0 Å². The van der Waals surface area contributed by atoms with E-state index in [-0.39, 0.29) is 5.82 Å². The maximum atomic E-state index is 12.4. The summed E-state index contributed by atoms with van der Waals surface area (Å²) in [5.74, 6) is 2.85. The Hall–Kier alpha value is -1.50. The molecule has 0 saturated carbocycles. The van der Waals surface area contributed by atoms with E-state index in [0.29, 0.717) is 5.82 Å². The Bertz CT molecular complexity index is 298. The minimum atomic E-state index is -2.78. The number of hydrogen-bond donors (Lipinski definition) is 3. The van der Waals surface area contributed by atoms with Gasteiger partial charge in [0.25, 0.3) is 5.92 Å². The molecule has 0 aliphatic carbocycles. The molecular weight excluding hydrogens is 192 g/mol. The first kappa shape index (κ1) is 10.6. The van der Waals surface area contributed by atoms with Crippen LogP contribution >= 0.6 is 0 Å². The molecule has 0 fully saturated rings. The van der Waals surface area contributed by atoms with Gasteiger partial charge in [-0.15, -0.1) is 0 Å². The van der Waals surface area contributed by atoms with E-state index in [4.69, 9.17) is 5.84 Å². The van der Waals surface area contributed by atoms with Crippen LogP contribution in [0.3, 0.4) is 0 Å². The first-order valence-electron chi connectivity index (χ1n) is 3.91. The third kappa shape index (κ3) is 3.48. The molecule has 0 aliphatic heterocycles. The van der Waals surface area contributed by atoms with Crippen molar-refractivity contribution in [2.24, 2.45) is 5.84 Å². The van der Waals surface area contributed by atoms with Crippen LogP contribution in [0.1, 0.15) is 6.92 Å². The minimum Gasteiger partial charge on any atom is -0.363 e. The summed E-state index contributed by atoms with van der Waals surface area (Å²) in [6.45, 7) is 0.328. The summed E-state index contributed by atoms with van der Waals surface area (Å²) < 4.78 is 24.9. The molecule has 1 heterocycles. The normalized spacial score (nSPS) is 11.1. The Morgan fingerprint density at radius 2 is 2.07 bits per heavy atom. The highest BCUT2D eigenvalue weighted by Crippen LogP contribution is 2.13. The van der Waals surface area contributed by atoms with Crippen LogP contribution in [-0.4, -0.2) is 22.4 Å². The molecule has 4 N–H and O–H groups in total. The number of nitrogen functional groups attached to an aromatic ring is 1. The van der Waals surface area contributed by atoms with Crippen molar-refractivity contribution in [2.75, 3.05) is 17.3 Å². The first-order valence-corrected chi connectivity index (χ1v) is 3.91. The van der Waals surface area contributed by atoms with Crippen molar-refractivity contribution >= 4 is 11.6 Å². The molecule has 0 atom stereocenters. The number of halogens is 2. The quantitative estimate of drug-likeness (QED) is 0.499. The second-order valence-electron chi connectivity index (χ2n) is 2.86. The van der Waals surface area contributed by atoms with E-state index in [2.05, 4.69) is 20.7 Å². The van der Waals surface area contributed by atoms with Crippen LogP contribution in [0.4, 0.5) is 20.4 Å². The van der Waals surface area contributed by atoms with E-state index in [1.807, 2.05) is 0 Å². The fraction of sp³-hybridized carbons (Fsp3) is 0.429. The van der Waals surface area contributed by atoms with Gasteiger partial charge in [-0.1, -0.05) is 0 Å². The highest BCUT2D eigenvalue weighted by atomic mass is 19.3. The number of nitrogens with one attached hydrogen (secondary N) is 2. The number of hydrogen-bond acceptors (Lipinski definition) is 5. The summed E-state index contributed by atoms with van der Waals surface area (Å²) in [5.41, 5.74) is 2.26. The third-order valence-corrected chi connectivity index (χ3v) is 1.36. The molecule has 78 valence electrons. The monoisotopic (exact) mass is 203 g/mol. The lowest BCUT2D eigenvalue weighted by molar-refractivity contribution is 0.0367. The summed E-state index contributed by atoms with van der Waals surface area (Å²) >= 11 is 0. The van der Waals surface area contributed by atoms with Gasteiger partial charge >= 0.3 is 0 Å². The average molecular weight is 203 g/mol. The van der Waals surface area contributed by atoms with Gasteiger partial charge in [-0.25, -0.2) is 19.6 Å². The minimum absolute atomic E-state index is 0.252. The molecule has 1 aromatic heterocycles. The molecule has 0 aromatic carbocycles. The van der Waals surface area contributed by atoms with Gasteiger partial charge < -0.3 is 10.7 Å². The second-order valence-corrected chi connectivity index (χ2v) is 2.86. The van der Waals surface area contributed by atoms with Crippen LogP contribution in [0.5, 0.6) is 0 Å². The Morgan fingerprint density at radius 1 is 1.43 bits per heavy atom. The summed E-state index contributed by atoms with van der Waals surface area (Å²) in [6, 6.07) is 0. The van der Waals surface area contributed by atoms with Gasteiger partial charge in [-0.2, -0.15) is 0 Å². The molecule has 0 bridgehead atoms. The summed E-state index contributed by atoms with van der Waals surface area (Å²) in [7, 11) is 0. The largest absolute Gasteiger partial charge is 0.363 e. The first-order chi connectivity index (χ1) is 6.51. The van der Waals surface area contributed by atoms with E-state index in [9.17, 15) is 8.78 Å². The summed E-state index contributed by atoms with van der Waals surface area (Å²) in [4.78, 5) is 7.59. The number of hydrazine groups is 1. The smallest absolute Gasteiger partial charge is 0.262 e. The molecule has 1 aromatic rings. The molecular formula is C7H11F2N5. The maximum absolute atomic E-state index is 12.4. The molecule has 14 heavy (non-hydrogen) atoms. The van der Waals surface area contributed by atoms with Crippen LogP contribution in [0.25, 0.3) is 0 Å². The van der Waals surface area contributed by atoms with E-state index < -0.39 is 12.5 Å². The molecule has 0 aliphatic rings. The van der Waals surface area contributed by atoms with Crippen LogP contribution in [0, 0.1) is 0 Å². The molecule has 1 rings (SSSR count). The second kappa shape index (κ2) is 4.14. The lowest BCUT2D eigenvalue weighted by Gasteiger charge is -2.11. The predicted octanol–water partition coefficient (Wildman–Crippen LogP) is 0.829. The molecule has 5 nitrogen and oxygen atoms in total. The van der Waals surface area contributed by atoms with E-state index in [0.717, 1.165) is 6.92 Å². The van der Waals surface area contributed by atoms with Crippen LogP contribution in [0.15, 0.2) is 12.4 Å². The van der Waals surface area contributed by atoms with Gasteiger partial charge in [0.05, 0.1) is 18.9 Å². The summed E-state index contributed by atoms with van der Waals surface area (Å²) in [5, 5.41) is 2.44. The van der Waals surface area contributed by atoms with Gasteiger partial charge in [0, 0.05) is 6.92 Å². The van der Waals surface area contributed by atoms with Crippen LogP contribution in [0.2, 0.25) is 0 Å². The van der Waals surface area contributed by atoms with E-state index in [1.165, 1.54) is 12.4 Å². The average Bonchev–Trinajstić information content (AvgIpc) is 2.14. The lowest BCUT2D eigenvalue weighted by Crippen LogP contribution is -2.23. The van der Waals surface area contributed by atoms with Crippen molar-refractivity contribution < 1.29 is 8.78 Å². The Balaban J connectivity index is 2.59. The summed E-state index contributed by atoms with van der Waals surface area (Å²) in [6.07, 6.45) is 2.72. The fourth-order valence-electron chi connectivity index (χ4n) is 0.766. The zero-order chi connectivity index (χ0) is 10.6. The van der Waals surface area contributed by atoms with Crippen molar-refractivity contribution in [3.8, 4) is 0 Å². The van der Waals surface area contributed by atoms with Crippen LogP contribution in [-0.2, 0) is 0 Å². The van der Waals surface area contributed by atoms with E-state index >= 15 is 0 Å². The zero-order valence-electron chi connectivity index (χ0n) is 7.59. The fourth-order valence-corrected chi connectivity index (χ4v) is 0.766. The molecule has 0 saturated heterocycles. The zero-order valence-corrected chi connectivity index (χ0v) is 7.59. The van der Waals surface area contributed by atoms with Gasteiger partial charge in [0.2, 0.25) is 0 Å². The predicted molar refractivity (Wildman–Crippen MR) is 49.0 cm³/mol. The van der Waals surface area contributed by atoms with Crippen molar-refractivity contribution in [2.45, 2.75) is 12.8 Å². The lowest BCUT2D eigenvalue weighted by atomic mass is 10.4. The number of anilines is 2. The maximum Gasteiger partial charge on any atom is 0.262 e. The third-order valence-electron chi connectivity index (χ3n) is 1.36. The van der Waals surface area contributed by atoms with Gasteiger partial charge in [0.15, 0.2) is 5.82 Å². The molecule has 0 radical (unpaired) electrons. The Morgan fingerprint density at radius 3 is 2.64 bits per heavy atom. The Kier molecular flexibility index (Phi) is 3.13. The Labute approximate surface area is 79.7 Å². The molecule has 0 amide bonds. The molecule has 0 unspecified atom stereocenters. The standard InChI is InChI=1S/C7H11F2N5/c1-7(8,9)4-12-5-2-11-3-6(13-5)14-10/h2-3H,4,10H2,1H3,(H2,12,13,14). The van der Waals surface area contributed by atoms with Gasteiger partial charge in [-0.05, 0) is 0 Å². The highest BCUT2D eigenvalue weighted by Gasteiger charge is 2.20. The van der Waals surface area contributed by atoms with Crippen LogP contribution < -0.4 is 16.6 Å². The number of rotatable bonds is 4. The topological polar surface area (TPSA) is 75.9 Å². The molecule has 7 heteroatoms. The van der Waals surface area contributed by atoms with Crippen molar-refractivity contribution in [1.82, 2.24) is 9.97 Å². The van der Waals surface area contributed by atoms with Crippen molar-refractivity contribution in [3.63, 3.8) is 0 Å². The number of nitrogens with two attached hydrogens (primary N) is 1. The number of alkyl halides is 2. The van der Waals surface area contributed by atoms with Gasteiger partial charge in [-0.3, -0.25) is 4.98 Å². The van der Waals surface area contributed by atoms with Gasteiger partial charge in [0.1, 0.15) is 5.82 Å². The number of aromatic nitrogens is 2. The SMILES string of the molecule is CC(F)(F)CNc1cncc(NN)n1. The molecule has 0 spiro atoms. The van der Waals surface area contributed by atoms with E-state index in [1.54, 1.807) is 0 Å².